The van der Waals surface area contributed by atoms with E-state index >= 15 is 0 Å². The molecule has 0 saturated carbocycles. The number of nitrogens with zero attached hydrogens (tertiary/aromatic N) is 1. The van der Waals surface area contributed by atoms with Crippen molar-refractivity contribution >= 4 is 19.9 Å². The maximum Gasteiger partial charge on any atom is 0.0614 e. The molecule has 1 nitrogen and oxygen atoms in total. The van der Waals surface area contributed by atoms with Crippen LogP contribution in [0, 0.1) is 28.4 Å². The highest BCUT2D eigenvalue weighted by Crippen LogP contribution is 2.58. The molecule has 0 bridgehead atoms. The summed E-state index contributed by atoms with van der Waals surface area (Å²) in [5, 5.41) is 8.47. The molecule has 0 aromatic heterocycles. The molecular formula is C14H30NPS. The maximum atomic E-state index is 7.13. The van der Waals surface area contributed by atoms with Crippen molar-refractivity contribution in [2.45, 2.75) is 41.5 Å². The molecule has 0 radical (unpaired) electrons. The first-order chi connectivity index (χ1) is 7.66. The minimum atomic E-state index is -0.638. The second-order valence-corrected chi connectivity index (χ2v) is 11.0. The van der Waals surface area contributed by atoms with E-state index in [1.807, 2.05) is 0 Å². The van der Waals surface area contributed by atoms with E-state index in [-0.39, 0.29) is 0 Å². The SMILES string of the molecule is CC(C)C[P+](C)(CC(C)C)CC(C)C.N#C[S-]. The Bertz CT molecular complexity index is 192. The molecule has 0 spiro atoms. The Labute approximate surface area is 115 Å². The van der Waals surface area contributed by atoms with E-state index in [9.17, 15) is 0 Å². The first-order valence-corrected chi connectivity index (χ1v) is 9.71. The molecule has 0 atom stereocenters. The molecule has 102 valence electrons. The number of rotatable bonds is 6. The Hall–Kier alpha value is 0.140. The predicted molar refractivity (Wildman–Crippen MR) is 84.9 cm³/mol. The molecule has 17 heavy (non-hydrogen) atoms. The highest BCUT2D eigenvalue weighted by atomic mass is 32.1. The van der Waals surface area contributed by atoms with Gasteiger partial charge in [0.05, 0.1) is 18.5 Å². The zero-order valence-corrected chi connectivity index (χ0v) is 14.4. The molecule has 0 aliphatic rings. The van der Waals surface area contributed by atoms with Gasteiger partial charge in [0.2, 0.25) is 0 Å². The van der Waals surface area contributed by atoms with Crippen molar-refractivity contribution in [3.8, 4) is 5.40 Å². The minimum absolute atomic E-state index is 0.638. The lowest BCUT2D eigenvalue weighted by atomic mass is 10.3. The van der Waals surface area contributed by atoms with E-state index in [1.165, 1.54) is 23.9 Å². The van der Waals surface area contributed by atoms with Gasteiger partial charge in [-0.3, -0.25) is 0 Å². The standard InChI is InChI=1S/C13H30P.CHNS/c1-11(2)8-14(7,9-12(3)4)10-13(5)6;2-1-3/h11-13H,8-10H2,1-7H3;3H/q+1;/p-1. The third-order valence-corrected chi connectivity index (χ3v) is 7.25. The van der Waals surface area contributed by atoms with Crippen molar-refractivity contribution in [1.82, 2.24) is 0 Å². The van der Waals surface area contributed by atoms with Crippen molar-refractivity contribution in [1.29, 1.82) is 5.26 Å². The summed E-state index contributed by atoms with van der Waals surface area (Å²) < 4.78 is 0. The molecule has 0 heterocycles. The smallest absolute Gasteiger partial charge is 0.0614 e. The van der Waals surface area contributed by atoms with Crippen LogP contribution in [0.1, 0.15) is 41.5 Å². The number of hydrogen-bond acceptors (Lipinski definition) is 2. The average Bonchev–Trinajstić information content (AvgIpc) is 1.97. The first-order valence-electron chi connectivity index (χ1n) is 6.51. The van der Waals surface area contributed by atoms with Gasteiger partial charge in [-0.2, -0.15) is 0 Å². The molecule has 0 N–H and O–H groups in total. The van der Waals surface area contributed by atoms with Crippen LogP contribution in [0.2, 0.25) is 0 Å². The monoisotopic (exact) mass is 275 g/mol. The third-order valence-electron chi connectivity index (χ3n) is 2.42. The molecule has 0 aromatic rings. The number of thiocyanates is 1. The van der Waals surface area contributed by atoms with E-state index in [0.29, 0.717) is 0 Å². The lowest BCUT2D eigenvalue weighted by Gasteiger charge is -2.28. The molecule has 0 aromatic carbocycles. The summed E-state index contributed by atoms with van der Waals surface area (Å²) in [6.45, 7) is 16.8. The third kappa shape index (κ3) is 14.1. The van der Waals surface area contributed by atoms with Gasteiger partial charge < -0.3 is 12.6 Å². The van der Waals surface area contributed by atoms with Gasteiger partial charge in [0.1, 0.15) is 0 Å². The minimum Gasteiger partial charge on any atom is -0.696 e. The lowest BCUT2D eigenvalue weighted by molar-refractivity contribution is 0.687. The number of nitriles is 1. The van der Waals surface area contributed by atoms with Crippen molar-refractivity contribution < 1.29 is 0 Å². The van der Waals surface area contributed by atoms with Crippen molar-refractivity contribution in [2.24, 2.45) is 17.8 Å². The summed E-state index contributed by atoms with van der Waals surface area (Å²) in [5.74, 6) is 2.64. The topological polar surface area (TPSA) is 23.8 Å². The predicted octanol–water partition coefficient (Wildman–Crippen LogP) is 4.62. The van der Waals surface area contributed by atoms with Gasteiger partial charge in [0.25, 0.3) is 0 Å². The Morgan fingerprint density at radius 1 is 0.882 bits per heavy atom. The summed E-state index contributed by atoms with van der Waals surface area (Å²) in [6.07, 6.45) is 4.47. The van der Waals surface area contributed by atoms with Crippen LogP contribution in [0.5, 0.6) is 0 Å². The summed E-state index contributed by atoms with van der Waals surface area (Å²) in [5.41, 5.74) is 0. The second-order valence-electron chi connectivity index (χ2n) is 6.44. The van der Waals surface area contributed by atoms with Gasteiger partial charge in [-0.1, -0.05) is 46.9 Å². The van der Waals surface area contributed by atoms with Gasteiger partial charge in [-0.15, -0.1) is 0 Å². The van der Waals surface area contributed by atoms with Crippen LogP contribution in [-0.4, -0.2) is 25.2 Å². The van der Waals surface area contributed by atoms with Crippen LogP contribution >= 0.6 is 7.26 Å². The van der Waals surface area contributed by atoms with Crippen LogP contribution in [0.25, 0.3) is 0 Å². The van der Waals surface area contributed by atoms with E-state index < -0.39 is 7.26 Å². The normalized spacial score (nSPS) is 11.4. The lowest BCUT2D eigenvalue weighted by Crippen LogP contribution is -2.16. The maximum absolute atomic E-state index is 7.13. The van der Waals surface area contributed by atoms with E-state index in [0.717, 1.165) is 17.8 Å². The molecule has 3 heteroatoms. The van der Waals surface area contributed by atoms with Gasteiger partial charge >= 0.3 is 0 Å². The molecule has 0 amide bonds. The van der Waals surface area contributed by atoms with Crippen LogP contribution in [-0.2, 0) is 12.6 Å². The molecule has 0 saturated heterocycles. The Morgan fingerprint density at radius 2 is 1.06 bits per heavy atom. The zero-order valence-electron chi connectivity index (χ0n) is 12.7. The van der Waals surface area contributed by atoms with Crippen LogP contribution in [0.4, 0.5) is 0 Å². The molecular weight excluding hydrogens is 245 g/mol. The van der Waals surface area contributed by atoms with Gasteiger partial charge in [0.15, 0.2) is 0 Å². The Morgan fingerprint density at radius 3 is 1.18 bits per heavy atom. The Balaban J connectivity index is 0. The molecule has 0 aliphatic carbocycles. The van der Waals surface area contributed by atoms with Crippen LogP contribution in [0.15, 0.2) is 0 Å². The fourth-order valence-electron chi connectivity index (χ4n) is 2.87. The Kier molecular flexibility index (Phi) is 11.6. The fraction of sp³-hybridized carbons (Fsp3) is 0.929. The highest BCUT2D eigenvalue weighted by Gasteiger charge is 2.33. The first kappa shape index (κ1) is 19.5. The summed E-state index contributed by atoms with van der Waals surface area (Å²) in [6, 6.07) is 0. The van der Waals surface area contributed by atoms with Crippen molar-refractivity contribution in [3.05, 3.63) is 0 Å². The fourth-order valence-corrected chi connectivity index (χ4v) is 8.60. The van der Waals surface area contributed by atoms with Crippen molar-refractivity contribution in [2.75, 3.05) is 25.2 Å². The number of hydrogen-bond donors (Lipinski definition) is 0. The zero-order chi connectivity index (χ0) is 14.1. The van der Waals surface area contributed by atoms with Crippen molar-refractivity contribution in [3.63, 3.8) is 0 Å². The summed E-state index contributed by atoms with van der Waals surface area (Å²) >= 11 is 3.70. The van der Waals surface area contributed by atoms with Gasteiger partial charge in [-0.25, -0.2) is 5.26 Å². The molecule has 0 unspecified atom stereocenters. The molecule has 0 fully saturated rings. The van der Waals surface area contributed by atoms with Crippen LogP contribution < -0.4 is 0 Å². The summed E-state index contributed by atoms with van der Waals surface area (Å²) in [7, 11) is -0.638. The molecule has 0 aliphatic heterocycles. The van der Waals surface area contributed by atoms with E-state index in [1.54, 1.807) is 0 Å². The van der Waals surface area contributed by atoms with E-state index in [4.69, 9.17) is 5.26 Å². The highest BCUT2D eigenvalue weighted by molar-refractivity contribution is 7.75. The molecule has 0 rings (SSSR count). The van der Waals surface area contributed by atoms with Crippen LogP contribution in [0.3, 0.4) is 0 Å². The van der Waals surface area contributed by atoms with Gasteiger partial charge in [0, 0.05) is 13.9 Å². The average molecular weight is 275 g/mol. The quantitative estimate of drug-likeness (QED) is 0.401. The van der Waals surface area contributed by atoms with Gasteiger partial charge in [-0.05, 0) is 17.8 Å². The summed E-state index contributed by atoms with van der Waals surface area (Å²) in [4.78, 5) is 0. The second kappa shape index (κ2) is 10.1. The largest absolute Gasteiger partial charge is 0.696 e. The van der Waals surface area contributed by atoms with E-state index in [2.05, 4.69) is 60.8 Å².